The Morgan fingerprint density at radius 1 is 1.42 bits per heavy atom. The molecule has 58 valence electrons. The normalized spacial score (nSPS) is 12.9. The van der Waals surface area contributed by atoms with E-state index in [-0.39, 0.29) is 0 Å². The standard InChI is InChI=1S/C10H7NO/c1-7-2-3-10-8(4-7)5-9(6-12)11-10/h2-5H,1H3. The van der Waals surface area contributed by atoms with Gasteiger partial charge in [0.2, 0.25) is 0 Å². The van der Waals surface area contributed by atoms with Crippen molar-refractivity contribution in [2.45, 2.75) is 6.92 Å². The van der Waals surface area contributed by atoms with Crippen LogP contribution in [0.4, 0.5) is 0 Å². The molecule has 0 unspecified atom stereocenters. The average Bonchev–Trinajstić information content (AvgIpc) is 2.46. The molecule has 1 aromatic rings. The maximum atomic E-state index is 10.3. The number of hydrogen-bond acceptors (Lipinski definition) is 2. The Hall–Kier alpha value is -1.66. The van der Waals surface area contributed by atoms with E-state index in [1.165, 1.54) is 5.56 Å². The van der Waals surface area contributed by atoms with Crippen molar-refractivity contribution in [2.75, 3.05) is 0 Å². The Labute approximate surface area is 69.6 Å². The van der Waals surface area contributed by atoms with Gasteiger partial charge in [-0.15, -0.1) is 0 Å². The average molecular weight is 157 g/mol. The van der Waals surface area contributed by atoms with Crippen LogP contribution in [0.25, 0.3) is 6.08 Å². The molecule has 1 aliphatic rings. The van der Waals surface area contributed by atoms with Crippen molar-refractivity contribution in [2.24, 2.45) is 4.99 Å². The van der Waals surface area contributed by atoms with E-state index in [9.17, 15) is 4.79 Å². The van der Waals surface area contributed by atoms with Gasteiger partial charge < -0.3 is 0 Å². The van der Waals surface area contributed by atoms with E-state index in [1.807, 2.05) is 25.1 Å². The van der Waals surface area contributed by atoms with E-state index in [0.717, 1.165) is 10.6 Å². The van der Waals surface area contributed by atoms with Crippen LogP contribution >= 0.6 is 0 Å². The third kappa shape index (κ3) is 0.987. The van der Waals surface area contributed by atoms with Crippen LogP contribution in [0.5, 0.6) is 0 Å². The molecule has 0 fully saturated rings. The van der Waals surface area contributed by atoms with Gasteiger partial charge in [0, 0.05) is 5.22 Å². The van der Waals surface area contributed by atoms with Gasteiger partial charge in [-0.3, -0.25) is 0 Å². The molecule has 2 nitrogen and oxygen atoms in total. The molecule has 2 rings (SSSR count). The van der Waals surface area contributed by atoms with Crippen LogP contribution < -0.4 is 10.6 Å². The lowest BCUT2D eigenvalue weighted by Gasteiger charge is -1.86. The molecule has 0 saturated heterocycles. The quantitative estimate of drug-likeness (QED) is 0.492. The maximum Gasteiger partial charge on any atom is 0.152 e. The molecule has 2 heteroatoms. The SMILES string of the molecule is Cc1ccc2c(c1)=CC(=C=O)N=2. The largest absolute Gasteiger partial charge is 0.237 e. The topological polar surface area (TPSA) is 29.4 Å². The van der Waals surface area contributed by atoms with Gasteiger partial charge in [-0.1, -0.05) is 11.6 Å². The highest BCUT2D eigenvalue weighted by Crippen LogP contribution is 1.96. The van der Waals surface area contributed by atoms with Crippen molar-refractivity contribution >= 4 is 12.0 Å². The predicted molar refractivity (Wildman–Crippen MR) is 45.6 cm³/mol. The van der Waals surface area contributed by atoms with E-state index in [0.29, 0.717) is 5.70 Å². The van der Waals surface area contributed by atoms with Crippen LogP contribution in [-0.4, -0.2) is 5.94 Å². The van der Waals surface area contributed by atoms with Crippen molar-refractivity contribution in [3.63, 3.8) is 0 Å². The molecule has 0 spiro atoms. The third-order valence-electron chi connectivity index (χ3n) is 1.82. The minimum Gasteiger partial charge on any atom is -0.237 e. The van der Waals surface area contributed by atoms with Crippen LogP contribution in [0.15, 0.2) is 28.9 Å². The van der Waals surface area contributed by atoms with Gasteiger partial charge in [0.05, 0.1) is 5.36 Å². The van der Waals surface area contributed by atoms with Crippen molar-refractivity contribution in [3.05, 3.63) is 40.0 Å². The van der Waals surface area contributed by atoms with Crippen molar-refractivity contribution < 1.29 is 4.79 Å². The lowest BCUT2D eigenvalue weighted by atomic mass is 10.2. The monoisotopic (exact) mass is 157 g/mol. The minimum absolute atomic E-state index is 0.385. The molecule has 12 heavy (non-hydrogen) atoms. The molecule has 0 atom stereocenters. The van der Waals surface area contributed by atoms with Crippen molar-refractivity contribution in [1.82, 2.24) is 0 Å². The van der Waals surface area contributed by atoms with Gasteiger partial charge in [-0.05, 0) is 25.1 Å². The summed E-state index contributed by atoms with van der Waals surface area (Å²) >= 11 is 0. The Bertz CT molecular complexity index is 493. The first-order chi connectivity index (χ1) is 5.79. The van der Waals surface area contributed by atoms with Gasteiger partial charge in [0.15, 0.2) is 5.94 Å². The highest BCUT2D eigenvalue weighted by molar-refractivity contribution is 5.69. The van der Waals surface area contributed by atoms with E-state index >= 15 is 0 Å². The number of benzene rings is 1. The van der Waals surface area contributed by atoms with Gasteiger partial charge in [0.1, 0.15) is 5.70 Å². The fourth-order valence-electron chi connectivity index (χ4n) is 1.25. The zero-order chi connectivity index (χ0) is 8.55. The van der Waals surface area contributed by atoms with Crippen LogP contribution in [0.1, 0.15) is 5.56 Å². The molecule has 1 aliphatic heterocycles. The third-order valence-corrected chi connectivity index (χ3v) is 1.82. The molecule has 0 aliphatic carbocycles. The fourth-order valence-corrected chi connectivity index (χ4v) is 1.25. The number of hydrogen-bond donors (Lipinski definition) is 0. The van der Waals surface area contributed by atoms with E-state index in [2.05, 4.69) is 4.99 Å². The first-order valence-electron chi connectivity index (χ1n) is 3.72. The smallest absolute Gasteiger partial charge is 0.152 e. The van der Waals surface area contributed by atoms with Gasteiger partial charge in [-0.2, -0.15) is 0 Å². The number of allylic oxidation sites excluding steroid dienone is 1. The Kier molecular flexibility index (Phi) is 1.42. The first kappa shape index (κ1) is 7.01. The maximum absolute atomic E-state index is 10.3. The Balaban J connectivity index is 2.86. The fraction of sp³-hybridized carbons (Fsp3) is 0.100. The zero-order valence-electron chi connectivity index (χ0n) is 6.66. The summed E-state index contributed by atoms with van der Waals surface area (Å²) in [6.45, 7) is 2.01. The number of aryl methyl sites for hydroxylation is 1. The number of rotatable bonds is 0. The summed E-state index contributed by atoms with van der Waals surface area (Å²) < 4.78 is 0. The Morgan fingerprint density at radius 2 is 2.25 bits per heavy atom. The molecule has 0 saturated carbocycles. The van der Waals surface area contributed by atoms with Crippen molar-refractivity contribution in [1.29, 1.82) is 0 Å². The summed E-state index contributed by atoms with van der Waals surface area (Å²) in [5.74, 6) is 1.77. The molecular weight excluding hydrogens is 150 g/mol. The molecule has 0 N–H and O–H groups in total. The molecule has 1 heterocycles. The van der Waals surface area contributed by atoms with Gasteiger partial charge >= 0.3 is 0 Å². The Morgan fingerprint density at radius 3 is 3.00 bits per heavy atom. The molecule has 1 aromatic carbocycles. The molecular formula is C10H7NO. The summed E-state index contributed by atoms with van der Waals surface area (Å²) in [6.07, 6.45) is 1.75. The lowest BCUT2D eigenvalue weighted by molar-refractivity contribution is 0.567. The summed E-state index contributed by atoms with van der Waals surface area (Å²) in [6, 6.07) is 5.89. The summed E-state index contributed by atoms with van der Waals surface area (Å²) in [5.41, 5.74) is 1.56. The minimum atomic E-state index is 0.385. The molecule has 0 aromatic heterocycles. The summed E-state index contributed by atoms with van der Waals surface area (Å²) in [4.78, 5) is 14.3. The van der Waals surface area contributed by atoms with Crippen LogP contribution in [0, 0.1) is 6.92 Å². The molecule has 0 radical (unpaired) electrons. The van der Waals surface area contributed by atoms with Gasteiger partial charge in [0.25, 0.3) is 0 Å². The van der Waals surface area contributed by atoms with Gasteiger partial charge in [-0.25, -0.2) is 9.79 Å². The highest BCUT2D eigenvalue weighted by atomic mass is 16.1. The molecule has 0 amide bonds. The second-order valence-corrected chi connectivity index (χ2v) is 2.81. The van der Waals surface area contributed by atoms with E-state index in [1.54, 1.807) is 12.0 Å². The number of nitrogens with zero attached hydrogens (tertiary/aromatic N) is 1. The number of fused-ring (bicyclic) bond motifs is 1. The second-order valence-electron chi connectivity index (χ2n) is 2.81. The van der Waals surface area contributed by atoms with E-state index in [4.69, 9.17) is 0 Å². The summed E-state index contributed by atoms with van der Waals surface area (Å²) in [5, 5.41) is 1.87. The lowest BCUT2D eigenvalue weighted by Crippen LogP contribution is -2.20. The predicted octanol–water partition coefficient (Wildman–Crippen LogP) is 0.124. The number of carbonyl (C=O) groups excluding carboxylic acids is 1. The molecule has 0 bridgehead atoms. The summed E-state index contributed by atoms with van der Waals surface area (Å²) in [7, 11) is 0. The van der Waals surface area contributed by atoms with E-state index < -0.39 is 0 Å². The van der Waals surface area contributed by atoms with Crippen LogP contribution in [0.3, 0.4) is 0 Å². The van der Waals surface area contributed by atoms with Crippen LogP contribution in [0.2, 0.25) is 0 Å². The van der Waals surface area contributed by atoms with Crippen molar-refractivity contribution in [3.8, 4) is 0 Å². The first-order valence-corrected chi connectivity index (χ1v) is 3.72. The van der Waals surface area contributed by atoms with Crippen LogP contribution in [-0.2, 0) is 4.79 Å². The zero-order valence-corrected chi connectivity index (χ0v) is 6.66. The second kappa shape index (κ2) is 2.43. The highest BCUT2D eigenvalue weighted by Gasteiger charge is 1.99.